The first-order chi connectivity index (χ1) is 16.7. The molecule has 0 N–H and O–H groups in total. The van der Waals surface area contributed by atoms with Crippen molar-refractivity contribution in [3.05, 3.63) is 0 Å². The minimum Gasteiger partial charge on any atom is -0.691 e. The van der Waals surface area contributed by atoms with E-state index in [2.05, 4.69) is 23.2 Å². The van der Waals surface area contributed by atoms with Crippen LogP contribution in [0.25, 0.3) is 0 Å². The zero-order chi connectivity index (χ0) is 25.1. The van der Waals surface area contributed by atoms with Crippen LogP contribution in [0.15, 0.2) is 0 Å². The molecule has 0 rings (SSSR count). The maximum absolute atomic E-state index is 12.3. The number of rotatable bonds is 26. The summed E-state index contributed by atoms with van der Waals surface area (Å²) in [5.74, 6) is -1.10. The number of hydrogen-bond acceptors (Lipinski definition) is 8. The van der Waals surface area contributed by atoms with Crippen molar-refractivity contribution in [3.63, 3.8) is 0 Å². The monoisotopic (exact) mass is 528 g/mol. The molecule has 0 aromatic heterocycles. The zero-order valence-electron chi connectivity index (χ0n) is 22.7. The smallest absolute Gasteiger partial charge is 0.691 e. The maximum atomic E-state index is 12.3. The second-order valence-corrected chi connectivity index (χ2v) is 9.87. The van der Waals surface area contributed by atoms with E-state index in [4.69, 9.17) is 9.47 Å². The summed E-state index contributed by atoms with van der Waals surface area (Å²) in [7, 11) is 0. The van der Waals surface area contributed by atoms with Gasteiger partial charge in [-0.2, -0.15) is 4.33 Å². The van der Waals surface area contributed by atoms with Gasteiger partial charge in [0, 0.05) is 12.0 Å². The number of unbranched alkanes of at least 4 members (excludes halogenated alkanes) is 16. The zero-order valence-corrected chi connectivity index (χ0v) is 25.5. The van der Waals surface area contributed by atoms with Crippen molar-refractivity contribution < 1.29 is 63.2 Å². The molecule has 0 heterocycles. The largest absolute Gasteiger partial charge is 1.00 e. The summed E-state index contributed by atoms with van der Waals surface area (Å²) in [6.45, 7) is 5.05. The summed E-state index contributed by atoms with van der Waals surface area (Å²) < 4.78 is 14.8. The Hall–Kier alpha value is 0.170. The Kier molecular flexibility index (Phi) is 32.4. The van der Waals surface area contributed by atoms with Crippen LogP contribution < -0.4 is 34.8 Å². The van der Waals surface area contributed by atoms with E-state index in [1.807, 2.05) is 0 Å². The molecule has 0 amide bonds. The molecule has 0 radical (unpaired) electrons. The average Bonchev–Trinajstić information content (AvgIpc) is 2.83. The van der Waals surface area contributed by atoms with Crippen LogP contribution in [0.5, 0.6) is 0 Å². The summed E-state index contributed by atoms with van der Waals surface area (Å²) in [6, 6.07) is 0. The van der Waals surface area contributed by atoms with Gasteiger partial charge in [0.25, 0.3) is 0 Å². The molecule has 0 spiro atoms. The van der Waals surface area contributed by atoms with E-state index in [0.29, 0.717) is 18.6 Å². The number of carbonyl (C=O) groups excluding carboxylic acids is 2. The van der Waals surface area contributed by atoms with Gasteiger partial charge in [0.15, 0.2) is 0 Å². The fourth-order valence-electron chi connectivity index (χ4n) is 3.71. The number of esters is 2. The predicted molar refractivity (Wildman–Crippen MR) is 135 cm³/mol. The molecule has 0 aromatic rings. The Labute approximate surface area is 240 Å². The van der Waals surface area contributed by atoms with E-state index in [0.717, 1.165) is 38.5 Å². The van der Waals surface area contributed by atoms with Gasteiger partial charge in [0.2, 0.25) is 0 Å². The molecule has 9 heteroatoms. The summed E-state index contributed by atoms with van der Waals surface area (Å²) in [5, 5.41) is 12.5. The number of ether oxygens (including phenoxy) is 2. The first-order valence-corrected chi connectivity index (χ1v) is 14.4. The van der Waals surface area contributed by atoms with E-state index < -0.39 is 17.2 Å². The molecule has 0 aliphatic heterocycles. The van der Waals surface area contributed by atoms with E-state index in [1.54, 1.807) is 0 Å². The van der Waals surface area contributed by atoms with Crippen LogP contribution in [-0.4, -0.2) is 30.4 Å². The summed E-state index contributed by atoms with van der Waals surface area (Å²) >= 11 is 0.487. The minimum atomic E-state index is -0.983. The standard InChI is InChI=1S/C26H50O7S.Na/c1-3-5-7-9-11-13-14-16-17-19-21-30-25(27)23-24(34-33-32-29)26(28)31-22-20-18-15-12-10-8-6-4-2;/h24,29H,3-23H2,1-2H3;/q;+1/p-1. The van der Waals surface area contributed by atoms with Crippen molar-refractivity contribution in [2.24, 2.45) is 0 Å². The van der Waals surface area contributed by atoms with Gasteiger partial charge >= 0.3 is 41.5 Å². The van der Waals surface area contributed by atoms with Crippen LogP contribution in [0.2, 0.25) is 0 Å². The second kappa shape index (κ2) is 30.4. The molecule has 35 heavy (non-hydrogen) atoms. The van der Waals surface area contributed by atoms with Crippen molar-refractivity contribution in [1.29, 1.82) is 0 Å². The SMILES string of the molecule is CCCCCCCCCCCCOC(=O)CC(SOO[O-])C(=O)OCCCCCCCCCC.[Na+]. The van der Waals surface area contributed by atoms with Crippen LogP contribution in [0.1, 0.15) is 136 Å². The van der Waals surface area contributed by atoms with Gasteiger partial charge in [0.1, 0.15) is 5.25 Å². The molecule has 0 saturated carbocycles. The van der Waals surface area contributed by atoms with Crippen LogP contribution >= 0.6 is 12.0 Å². The van der Waals surface area contributed by atoms with Crippen LogP contribution in [0, 0.1) is 0 Å². The predicted octanol–water partition coefficient (Wildman–Crippen LogP) is 3.77. The van der Waals surface area contributed by atoms with E-state index in [1.165, 1.54) is 77.0 Å². The van der Waals surface area contributed by atoms with Crippen LogP contribution in [0.4, 0.5) is 0 Å². The van der Waals surface area contributed by atoms with E-state index >= 15 is 0 Å². The first-order valence-electron chi connectivity index (χ1n) is 13.6. The molecule has 0 fully saturated rings. The van der Waals surface area contributed by atoms with Crippen molar-refractivity contribution >= 4 is 24.0 Å². The molecule has 0 bridgehead atoms. The van der Waals surface area contributed by atoms with Gasteiger partial charge in [-0.3, -0.25) is 14.6 Å². The van der Waals surface area contributed by atoms with E-state index in [9.17, 15) is 14.8 Å². The van der Waals surface area contributed by atoms with Gasteiger partial charge in [0.05, 0.1) is 19.6 Å². The Morgan fingerprint density at radius 2 is 1.06 bits per heavy atom. The van der Waals surface area contributed by atoms with Crippen LogP contribution in [0.3, 0.4) is 0 Å². The minimum absolute atomic E-state index is 0. The third-order valence-corrected chi connectivity index (χ3v) is 6.53. The average molecular weight is 529 g/mol. The maximum Gasteiger partial charge on any atom is 1.00 e. The van der Waals surface area contributed by atoms with Gasteiger partial charge in [-0.15, -0.1) is 0 Å². The normalized spacial score (nSPS) is 11.6. The molecule has 202 valence electrons. The molecule has 0 aliphatic rings. The molecule has 7 nitrogen and oxygen atoms in total. The summed E-state index contributed by atoms with van der Waals surface area (Å²) in [6.07, 6.45) is 21.0. The molecular formula is C26H49NaO7S. The number of hydrogen-bond donors (Lipinski definition) is 0. The van der Waals surface area contributed by atoms with Crippen molar-refractivity contribution in [3.8, 4) is 0 Å². The molecular weight excluding hydrogens is 479 g/mol. The molecule has 0 aliphatic carbocycles. The van der Waals surface area contributed by atoms with Crippen molar-refractivity contribution in [2.45, 2.75) is 141 Å². The van der Waals surface area contributed by atoms with Crippen molar-refractivity contribution in [1.82, 2.24) is 0 Å². The fourth-order valence-corrected chi connectivity index (χ4v) is 4.19. The second-order valence-electron chi connectivity index (χ2n) is 8.97. The summed E-state index contributed by atoms with van der Waals surface area (Å²) in [4.78, 5) is 24.3. The molecule has 1 unspecified atom stereocenters. The van der Waals surface area contributed by atoms with Crippen molar-refractivity contribution in [2.75, 3.05) is 13.2 Å². The van der Waals surface area contributed by atoms with Gasteiger partial charge in [-0.25, -0.2) is 0 Å². The first kappa shape index (κ1) is 37.3. The fraction of sp³-hybridized carbons (Fsp3) is 0.923. The van der Waals surface area contributed by atoms with Gasteiger partial charge in [-0.05, 0) is 12.8 Å². The Morgan fingerprint density at radius 3 is 1.49 bits per heavy atom. The Balaban J connectivity index is 0. The van der Waals surface area contributed by atoms with Crippen LogP contribution in [-0.2, 0) is 28.4 Å². The molecule has 0 saturated heterocycles. The topological polar surface area (TPSA) is 94.1 Å². The van der Waals surface area contributed by atoms with E-state index in [-0.39, 0.29) is 42.6 Å². The number of carbonyl (C=O) groups is 2. The summed E-state index contributed by atoms with van der Waals surface area (Å²) in [5.41, 5.74) is 0. The van der Waals surface area contributed by atoms with Gasteiger partial charge in [-0.1, -0.05) is 117 Å². The molecule has 0 aromatic carbocycles. The Bertz CT molecular complexity index is 469. The molecule has 1 atom stereocenters. The quantitative estimate of drug-likeness (QED) is 0.0418. The third-order valence-electron chi connectivity index (χ3n) is 5.80. The van der Waals surface area contributed by atoms with Gasteiger partial charge < -0.3 is 14.7 Å². The Morgan fingerprint density at radius 1 is 0.657 bits per heavy atom. The third kappa shape index (κ3) is 27.0.